The van der Waals surface area contributed by atoms with Crippen molar-refractivity contribution in [3.05, 3.63) is 29.1 Å². The average molecular weight is 429 g/mol. The van der Waals surface area contributed by atoms with Crippen molar-refractivity contribution < 1.29 is 18.8 Å². The van der Waals surface area contributed by atoms with Gasteiger partial charge in [-0.15, -0.1) is 0 Å². The molecule has 5 rings (SSSR count). The molecular weight excluding hydrogens is 399 g/mol. The number of piperidine rings is 1. The molecule has 2 unspecified atom stereocenters. The predicted octanol–water partition coefficient (Wildman–Crippen LogP) is 2.04. The van der Waals surface area contributed by atoms with Gasteiger partial charge in [-0.25, -0.2) is 4.39 Å². The summed E-state index contributed by atoms with van der Waals surface area (Å²) >= 11 is 0. The number of fused-ring (bicyclic) bond motifs is 3. The van der Waals surface area contributed by atoms with Crippen molar-refractivity contribution in [2.24, 2.45) is 0 Å². The third kappa shape index (κ3) is 3.32. The van der Waals surface area contributed by atoms with E-state index in [0.717, 1.165) is 31.5 Å². The number of hydrogen-bond donors (Lipinski definition) is 1. The van der Waals surface area contributed by atoms with Gasteiger partial charge in [0.15, 0.2) is 0 Å². The molecule has 1 aromatic rings. The van der Waals surface area contributed by atoms with Gasteiger partial charge >= 0.3 is 0 Å². The van der Waals surface area contributed by atoms with Crippen LogP contribution in [-0.2, 0) is 16.1 Å². The SMILES string of the molecule is CC(C)(C)N1CC2CCC(C1)N2c1cc2c(cc1F)C(=O)N([C@@H]1CCC(=O)NC1=O)C2. The smallest absolute Gasteiger partial charge is 0.255 e. The zero-order valence-corrected chi connectivity index (χ0v) is 18.3. The Kier molecular flexibility index (Phi) is 4.62. The van der Waals surface area contributed by atoms with E-state index in [4.69, 9.17) is 0 Å². The minimum Gasteiger partial charge on any atom is -0.361 e. The van der Waals surface area contributed by atoms with E-state index in [1.54, 1.807) is 0 Å². The number of imide groups is 1. The number of rotatable bonds is 2. The first-order valence-corrected chi connectivity index (χ1v) is 11.1. The molecule has 166 valence electrons. The lowest BCUT2D eigenvalue weighted by Crippen LogP contribution is -2.59. The molecule has 3 saturated heterocycles. The van der Waals surface area contributed by atoms with Crippen molar-refractivity contribution in [2.45, 2.75) is 76.7 Å². The Morgan fingerprint density at radius 2 is 1.71 bits per heavy atom. The lowest BCUT2D eigenvalue weighted by Gasteiger charge is -2.47. The maximum Gasteiger partial charge on any atom is 0.255 e. The summed E-state index contributed by atoms with van der Waals surface area (Å²) in [6.45, 7) is 8.72. The van der Waals surface area contributed by atoms with E-state index in [2.05, 4.69) is 35.9 Å². The predicted molar refractivity (Wildman–Crippen MR) is 113 cm³/mol. The number of benzene rings is 1. The molecular formula is C23H29FN4O3. The molecule has 0 spiro atoms. The van der Waals surface area contributed by atoms with Crippen LogP contribution in [0.2, 0.25) is 0 Å². The number of likely N-dealkylation sites (tertiary alicyclic amines) is 1. The second kappa shape index (κ2) is 7.02. The van der Waals surface area contributed by atoms with Gasteiger partial charge < -0.3 is 9.80 Å². The topological polar surface area (TPSA) is 73.0 Å². The maximum atomic E-state index is 15.3. The highest BCUT2D eigenvalue weighted by Crippen LogP contribution is 2.40. The second-order valence-corrected chi connectivity index (χ2v) is 10.2. The van der Waals surface area contributed by atoms with Crippen LogP contribution in [0.1, 0.15) is 62.4 Å². The van der Waals surface area contributed by atoms with Gasteiger partial charge in [0.05, 0.1) is 5.69 Å². The monoisotopic (exact) mass is 428 g/mol. The number of hydrogen-bond acceptors (Lipinski definition) is 5. The molecule has 0 saturated carbocycles. The summed E-state index contributed by atoms with van der Waals surface area (Å²) in [4.78, 5) is 42.8. The maximum absolute atomic E-state index is 15.3. The number of piperazine rings is 1. The van der Waals surface area contributed by atoms with Crippen LogP contribution in [0.25, 0.3) is 0 Å². The molecule has 3 fully saturated rings. The van der Waals surface area contributed by atoms with Gasteiger partial charge in [-0.05, 0) is 57.7 Å². The van der Waals surface area contributed by atoms with E-state index < -0.39 is 11.9 Å². The molecule has 8 heteroatoms. The van der Waals surface area contributed by atoms with E-state index in [0.29, 0.717) is 17.7 Å². The largest absolute Gasteiger partial charge is 0.361 e. The number of nitrogens with one attached hydrogen (secondary N) is 1. The molecule has 4 heterocycles. The summed E-state index contributed by atoms with van der Waals surface area (Å²) in [7, 11) is 0. The summed E-state index contributed by atoms with van der Waals surface area (Å²) < 4.78 is 15.3. The first kappa shape index (κ1) is 20.4. The second-order valence-electron chi connectivity index (χ2n) is 10.2. The van der Waals surface area contributed by atoms with Crippen LogP contribution in [0.15, 0.2) is 12.1 Å². The van der Waals surface area contributed by atoms with Gasteiger partial charge in [-0.2, -0.15) is 0 Å². The normalized spacial score (nSPS) is 28.9. The Morgan fingerprint density at radius 3 is 2.32 bits per heavy atom. The summed E-state index contributed by atoms with van der Waals surface area (Å²) in [5.41, 5.74) is 1.73. The highest BCUT2D eigenvalue weighted by Gasteiger charge is 2.45. The van der Waals surface area contributed by atoms with Crippen LogP contribution in [-0.4, -0.2) is 64.3 Å². The lowest BCUT2D eigenvalue weighted by molar-refractivity contribution is -0.136. The van der Waals surface area contributed by atoms with Crippen LogP contribution >= 0.6 is 0 Å². The molecule has 3 amide bonds. The molecule has 31 heavy (non-hydrogen) atoms. The molecule has 4 aliphatic rings. The Morgan fingerprint density at radius 1 is 1.03 bits per heavy atom. The van der Waals surface area contributed by atoms with Crippen molar-refractivity contribution in [1.29, 1.82) is 0 Å². The summed E-state index contributed by atoms with van der Waals surface area (Å²) in [6.07, 6.45) is 2.58. The van der Waals surface area contributed by atoms with Gasteiger partial charge in [0.1, 0.15) is 11.9 Å². The summed E-state index contributed by atoms with van der Waals surface area (Å²) in [6, 6.07) is 2.99. The molecule has 1 aromatic carbocycles. The molecule has 0 radical (unpaired) electrons. The van der Waals surface area contributed by atoms with E-state index in [1.165, 1.54) is 11.0 Å². The zero-order valence-electron chi connectivity index (χ0n) is 18.3. The number of amides is 3. The molecule has 0 aliphatic carbocycles. The number of carbonyl (C=O) groups excluding carboxylic acids is 3. The quantitative estimate of drug-likeness (QED) is 0.730. The van der Waals surface area contributed by atoms with Crippen molar-refractivity contribution in [1.82, 2.24) is 15.1 Å². The fraction of sp³-hybridized carbons (Fsp3) is 0.609. The van der Waals surface area contributed by atoms with Crippen LogP contribution in [0, 0.1) is 5.82 Å². The molecule has 2 bridgehead atoms. The number of carbonyl (C=O) groups is 3. The zero-order chi connectivity index (χ0) is 22.1. The van der Waals surface area contributed by atoms with Crippen LogP contribution < -0.4 is 10.2 Å². The minimum absolute atomic E-state index is 0.0816. The Hall–Kier alpha value is -2.48. The van der Waals surface area contributed by atoms with Crippen molar-refractivity contribution in [3.8, 4) is 0 Å². The first-order valence-electron chi connectivity index (χ1n) is 11.1. The highest BCUT2D eigenvalue weighted by molar-refractivity contribution is 6.05. The summed E-state index contributed by atoms with van der Waals surface area (Å²) in [5.74, 6) is -1.48. The molecule has 7 nitrogen and oxygen atoms in total. The average Bonchev–Trinajstić information content (AvgIpc) is 3.12. The fourth-order valence-electron chi connectivity index (χ4n) is 5.62. The van der Waals surface area contributed by atoms with Gasteiger partial charge in [0, 0.05) is 49.2 Å². The van der Waals surface area contributed by atoms with Crippen molar-refractivity contribution in [3.63, 3.8) is 0 Å². The van der Waals surface area contributed by atoms with E-state index in [1.807, 2.05) is 6.07 Å². The fourth-order valence-corrected chi connectivity index (χ4v) is 5.62. The summed E-state index contributed by atoms with van der Waals surface area (Å²) in [5, 5.41) is 2.31. The number of anilines is 1. The van der Waals surface area contributed by atoms with Crippen molar-refractivity contribution in [2.75, 3.05) is 18.0 Å². The lowest BCUT2D eigenvalue weighted by atomic mass is 10.0. The minimum atomic E-state index is -0.685. The van der Waals surface area contributed by atoms with Gasteiger partial charge in [-0.3, -0.25) is 24.6 Å². The van der Waals surface area contributed by atoms with Gasteiger partial charge in [0.2, 0.25) is 11.8 Å². The van der Waals surface area contributed by atoms with E-state index >= 15 is 4.39 Å². The number of nitrogens with zero attached hydrogens (tertiary/aromatic N) is 3. The molecule has 4 aliphatic heterocycles. The Bertz CT molecular complexity index is 958. The molecule has 0 aromatic heterocycles. The number of halogens is 1. The third-order valence-electron chi connectivity index (χ3n) is 7.30. The standard InChI is InChI=1S/C23H29FN4O3/c1-23(2,3)26-11-14-4-5-15(12-26)28(14)19-8-13-10-27(22(31)16(13)9-17(19)24)18-6-7-20(29)25-21(18)30/h8-9,14-15,18H,4-7,10-12H2,1-3H3,(H,25,29,30)/t14?,15?,18-/m1/s1. The molecule has 3 atom stereocenters. The van der Waals surface area contributed by atoms with Crippen LogP contribution in [0.5, 0.6) is 0 Å². The highest BCUT2D eigenvalue weighted by atomic mass is 19.1. The van der Waals surface area contributed by atoms with Crippen LogP contribution in [0.4, 0.5) is 10.1 Å². The van der Waals surface area contributed by atoms with Crippen molar-refractivity contribution >= 4 is 23.4 Å². The first-order chi connectivity index (χ1) is 14.6. The van der Waals surface area contributed by atoms with E-state index in [-0.39, 0.29) is 48.2 Å². The molecule has 1 N–H and O–H groups in total. The van der Waals surface area contributed by atoms with Gasteiger partial charge in [-0.1, -0.05) is 0 Å². The Labute approximate surface area is 181 Å². The third-order valence-corrected chi connectivity index (χ3v) is 7.30. The van der Waals surface area contributed by atoms with Gasteiger partial charge in [0.25, 0.3) is 5.91 Å². The van der Waals surface area contributed by atoms with Crippen LogP contribution in [0.3, 0.4) is 0 Å². The van der Waals surface area contributed by atoms with E-state index in [9.17, 15) is 14.4 Å². The Balaban J connectivity index is 1.41.